The highest BCUT2D eigenvalue weighted by atomic mass is 32.2. The average Bonchev–Trinajstić information content (AvgIpc) is 3.39. The van der Waals surface area contributed by atoms with Crippen molar-refractivity contribution in [1.82, 2.24) is 23.9 Å². The molecule has 0 saturated carbocycles. The number of carbonyl (C=O) groups is 1. The predicted molar refractivity (Wildman–Crippen MR) is 128 cm³/mol. The molecule has 0 spiro atoms. The molecule has 3 heterocycles. The molecule has 2 aromatic carbocycles. The van der Waals surface area contributed by atoms with Crippen LogP contribution in [0.1, 0.15) is 26.2 Å². The van der Waals surface area contributed by atoms with Crippen molar-refractivity contribution in [3.05, 3.63) is 48.5 Å². The van der Waals surface area contributed by atoms with E-state index in [9.17, 15) is 13.2 Å². The molecule has 1 unspecified atom stereocenters. The van der Waals surface area contributed by atoms with Crippen LogP contribution in [-0.2, 0) is 14.8 Å². The first kappa shape index (κ1) is 21.9. The number of anilines is 1. The smallest absolute Gasteiger partial charge is 0.243 e. The summed E-state index contributed by atoms with van der Waals surface area (Å²) in [5.41, 5.74) is 2.32. The lowest BCUT2D eigenvalue weighted by Crippen LogP contribution is -2.35. The SMILES string of the molecule is CC(Sc1n[nH]c2nc3ccccc3n12)C(=O)Nc1ccc(S(=O)(=O)N2CCCCC2)cc1. The number of fused-ring (bicyclic) bond motifs is 3. The first-order valence-corrected chi connectivity index (χ1v) is 13.1. The maximum Gasteiger partial charge on any atom is 0.243 e. The van der Waals surface area contributed by atoms with Crippen LogP contribution >= 0.6 is 11.8 Å². The summed E-state index contributed by atoms with van der Waals surface area (Å²) in [4.78, 5) is 17.5. The zero-order chi connectivity index (χ0) is 23.0. The van der Waals surface area contributed by atoms with E-state index in [-0.39, 0.29) is 10.8 Å². The van der Waals surface area contributed by atoms with E-state index in [0.717, 1.165) is 30.3 Å². The third-order valence-corrected chi connectivity index (χ3v) is 8.69. The number of hydrogen-bond donors (Lipinski definition) is 2. The van der Waals surface area contributed by atoms with Crippen molar-refractivity contribution in [1.29, 1.82) is 0 Å². The molecule has 4 aromatic rings. The molecule has 172 valence electrons. The molecule has 5 rings (SSSR count). The molecule has 1 amide bonds. The normalized spacial score (nSPS) is 16.3. The molecule has 2 aromatic heterocycles. The highest BCUT2D eigenvalue weighted by Gasteiger charge is 2.26. The molecule has 0 aliphatic carbocycles. The number of nitrogens with zero attached hydrogens (tertiary/aromatic N) is 4. The second kappa shape index (κ2) is 8.81. The molecule has 1 aliphatic heterocycles. The van der Waals surface area contributed by atoms with Gasteiger partial charge in [-0.1, -0.05) is 30.3 Å². The minimum absolute atomic E-state index is 0.202. The van der Waals surface area contributed by atoms with Crippen LogP contribution in [0.2, 0.25) is 0 Å². The van der Waals surface area contributed by atoms with Gasteiger partial charge in [-0.2, -0.15) is 4.31 Å². The van der Waals surface area contributed by atoms with E-state index in [2.05, 4.69) is 20.5 Å². The Hall–Kier alpha value is -2.89. The summed E-state index contributed by atoms with van der Waals surface area (Å²) >= 11 is 1.32. The Morgan fingerprint density at radius 2 is 1.82 bits per heavy atom. The number of rotatable bonds is 6. The quantitative estimate of drug-likeness (QED) is 0.405. The Morgan fingerprint density at radius 1 is 1.09 bits per heavy atom. The zero-order valence-electron chi connectivity index (χ0n) is 18.1. The first-order chi connectivity index (χ1) is 15.9. The number of thioether (sulfide) groups is 1. The number of nitrogens with one attached hydrogen (secondary N) is 2. The van der Waals surface area contributed by atoms with Gasteiger partial charge in [-0.3, -0.25) is 9.20 Å². The summed E-state index contributed by atoms with van der Waals surface area (Å²) in [5, 5.41) is 10.3. The van der Waals surface area contributed by atoms with Crippen molar-refractivity contribution in [2.75, 3.05) is 18.4 Å². The maximum atomic E-state index is 12.8. The van der Waals surface area contributed by atoms with Crippen LogP contribution in [0.5, 0.6) is 0 Å². The number of aromatic nitrogens is 4. The van der Waals surface area contributed by atoms with Crippen molar-refractivity contribution in [2.45, 2.75) is 41.5 Å². The first-order valence-electron chi connectivity index (χ1n) is 10.8. The minimum Gasteiger partial charge on any atom is -0.325 e. The fourth-order valence-electron chi connectivity index (χ4n) is 3.94. The van der Waals surface area contributed by atoms with E-state index >= 15 is 0 Å². The van der Waals surface area contributed by atoms with E-state index in [1.54, 1.807) is 31.2 Å². The Balaban J connectivity index is 1.27. The Labute approximate surface area is 195 Å². The van der Waals surface area contributed by atoms with Crippen LogP contribution < -0.4 is 5.32 Å². The lowest BCUT2D eigenvalue weighted by Gasteiger charge is -2.25. The average molecular weight is 485 g/mol. The molecule has 33 heavy (non-hydrogen) atoms. The number of para-hydroxylation sites is 2. The van der Waals surface area contributed by atoms with Gasteiger partial charge in [0.2, 0.25) is 21.7 Å². The third-order valence-electron chi connectivity index (χ3n) is 5.73. The fraction of sp³-hybridized carbons (Fsp3) is 0.318. The van der Waals surface area contributed by atoms with Gasteiger partial charge in [0, 0.05) is 18.8 Å². The van der Waals surface area contributed by atoms with E-state index in [0.29, 0.717) is 29.7 Å². The Morgan fingerprint density at radius 3 is 2.58 bits per heavy atom. The Kier molecular flexibility index (Phi) is 5.85. The van der Waals surface area contributed by atoms with Crippen molar-refractivity contribution in [3.8, 4) is 0 Å². The largest absolute Gasteiger partial charge is 0.325 e. The van der Waals surface area contributed by atoms with Gasteiger partial charge in [0.15, 0.2) is 5.16 Å². The summed E-state index contributed by atoms with van der Waals surface area (Å²) in [5.74, 6) is 0.420. The van der Waals surface area contributed by atoms with E-state index in [1.807, 2.05) is 28.7 Å². The number of imidazole rings is 1. The van der Waals surface area contributed by atoms with Gasteiger partial charge in [-0.15, -0.1) is 5.10 Å². The minimum atomic E-state index is -3.50. The molecule has 9 nitrogen and oxygen atoms in total. The molecule has 1 fully saturated rings. The molecule has 1 aliphatic rings. The van der Waals surface area contributed by atoms with Crippen molar-refractivity contribution in [2.24, 2.45) is 0 Å². The molecule has 2 N–H and O–H groups in total. The predicted octanol–water partition coefficient (Wildman–Crippen LogP) is 3.50. The number of H-pyrrole nitrogens is 1. The number of benzene rings is 2. The van der Waals surface area contributed by atoms with Crippen LogP contribution in [0, 0.1) is 0 Å². The lowest BCUT2D eigenvalue weighted by atomic mass is 10.2. The van der Waals surface area contributed by atoms with Crippen molar-refractivity contribution >= 4 is 50.2 Å². The Bertz CT molecular complexity index is 1410. The van der Waals surface area contributed by atoms with E-state index in [1.165, 1.54) is 16.1 Å². The van der Waals surface area contributed by atoms with Gasteiger partial charge in [-0.05, 0) is 56.2 Å². The summed E-state index contributed by atoms with van der Waals surface area (Å²) in [6, 6.07) is 14.1. The highest BCUT2D eigenvalue weighted by Crippen LogP contribution is 2.27. The van der Waals surface area contributed by atoms with Crippen LogP contribution in [0.25, 0.3) is 16.8 Å². The third kappa shape index (κ3) is 4.23. The number of amides is 1. The number of aromatic amines is 1. The summed E-state index contributed by atoms with van der Waals surface area (Å²) in [7, 11) is -3.50. The summed E-state index contributed by atoms with van der Waals surface area (Å²) in [6.07, 6.45) is 2.84. The molecule has 1 saturated heterocycles. The molecule has 11 heteroatoms. The van der Waals surface area contributed by atoms with Gasteiger partial charge in [0.1, 0.15) is 0 Å². The standard InChI is InChI=1S/C22H24N6O3S2/c1-15(32-22-26-25-21-24-18-7-3-4-8-19(18)28(21)22)20(29)23-16-9-11-17(12-10-16)33(30,31)27-13-5-2-6-14-27/h3-4,7-12,15H,2,5-6,13-14H2,1H3,(H,23,29)(H,24,25). The van der Waals surface area contributed by atoms with Gasteiger partial charge < -0.3 is 5.32 Å². The van der Waals surface area contributed by atoms with Crippen LogP contribution in [0.4, 0.5) is 5.69 Å². The van der Waals surface area contributed by atoms with E-state index < -0.39 is 15.3 Å². The van der Waals surface area contributed by atoms with Crippen LogP contribution in [-0.4, -0.2) is 56.6 Å². The molecule has 1 atom stereocenters. The fourth-order valence-corrected chi connectivity index (χ4v) is 6.33. The van der Waals surface area contributed by atoms with Gasteiger partial charge >= 0.3 is 0 Å². The van der Waals surface area contributed by atoms with E-state index in [4.69, 9.17) is 0 Å². The molecule has 0 radical (unpaired) electrons. The lowest BCUT2D eigenvalue weighted by molar-refractivity contribution is -0.115. The summed E-state index contributed by atoms with van der Waals surface area (Å²) < 4.78 is 29.0. The van der Waals surface area contributed by atoms with Gasteiger partial charge in [0.25, 0.3) is 0 Å². The van der Waals surface area contributed by atoms with Gasteiger partial charge in [-0.25, -0.2) is 18.5 Å². The number of piperidine rings is 1. The molecule has 0 bridgehead atoms. The number of carbonyl (C=O) groups excluding carboxylic acids is 1. The van der Waals surface area contributed by atoms with Crippen LogP contribution in [0.15, 0.2) is 58.6 Å². The van der Waals surface area contributed by atoms with Crippen molar-refractivity contribution in [3.63, 3.8) is 0 Å². The second-order valence-corrected chi connectivity index (χ2v) is 11.3. The van der Waals surface area contributed by atoms with Crippen molar-refractivity contribution < 1.29 is 13.2 Å². The van der Waals surface area contributed by atoms with Crippen LogP contribution in [0.3, 0.4) is 0 Å². The number of sulfonamides is 1. The topological polar surface area (TPSA) is 112 Å². The maximum absolute atomic E-state index is 12.8. The monoisotopic (exact) mass is 484 g/mol. The zero-order valence-corrected chi connectivity index (χ0v) is 19.7. The highest BCUT2D eigenvalue weighted by molar-refractivity contribution is 8.00. The second-order valence-electron chi connectivity index (χ2n) is 8.00. The number of hydrogen-bond acceptors (Lipinski definition) is 6. The molecular formula is C22H24N6O3S2. The van der Waals surface area contributed by atoms with Gasteiger partial charge in [0.05, 0.1) is 21.2 Å². The summed E-state index contributed by atoms with van der Waals surface area (Å²) in [6.45, 7) is 2.92. The molecular weight excluding hydrogens is 460 g/mol.